The van der Waals surface area contributed by atoms with Gasteiger partial charge in [0.25, 0.3) is 0 Å². The molecule has 1 saturated carbocycles. The van der Waals surface area contributed by atoms with Crippen LogP contribution in [0.3, 0.4) is 0 Å². The Morgan fingerprint density at radius 2 is 1.79 bits per heavy atom. The third kappa shape index (κ3) is 4.40. The van der Waals surface area contributed by atoms with Gasteiger partial charge in [-0.25, -0.2) is 0 Å². The molecule has 4 rings (SSSR count). The number of thiophene rings is 1. The first-order chi connectivity index (χ1) is 14.1. The van der Waals surface area contributed by atoms with Gasteiger partial charge in [0, 0.05) is 24.4 Å². The summed E-state index contributed by atoms with van der Waals surface area (Å²) in [4.78, 5) is 28.4. The normalized spacial score (nSPS) is 19.4. The van der Waals surface area contributed by atoms with Crippen LogP contribution in [0.4, 0.5) is 0 Å². The summed E-state index contributed by atoms with van der Waals surface area (Å²) in [6.07, 6.45) is 7.49. The van der Waals surface area contributed by atoms with Crippen LogP contribution in [0.15, 0.2) is 41.8 Å². The molecular formula is C24H30N2O2S. The number of carbonyl (C=O) groups is 2. The lowest BCUT2D eigenvalue weighted by Gasteiger charge is -2.40. The standard InChI is InChI=1S/C24H30N2O2S/c25-23(28)24(17-19-8-3-4-9-20(19)21-10-5-15-29-21)11-13-26(14-12-24)22(27)16-18-6-1-2-7-18/h3-5,8-10,15,18H,1-2,6-7,11-14,16-17H2,(H2,25,28). The lowest BCUT2D eigenvalue weighted by Crippen LogP contribution is -2.50. The van der Waals surface area contributed by atoms with Crippen LogP contribution in [0.25, 0.3) is 10.4 Å². The summed E-state index contributed by atoms with van der Waals surface area (Å²) in [7, 11) is 0. The Bertz CT molecular complexity index is 848. The predicted molar refractivity (Wildman–Crippen MR) is 117 cm³/mol. The van der Waals surface area contributed by atoms with E-state index in [1.54, 1.807) is 11.3 Å². The van der Waals surface area contributed by atoms with E-state index in [9.17, 15) is 9.59 Å². The van der Waals surface area contributed by atoms with E-state index >= 15 is 0 Å². The minimum Gasteiger partial charge on any atom is -0.369 e. The molecule has 0 spiro atoms. The molecule has 2 fully saturated rings. The van der Waals surface area contributed by atoms with Crippen molar-refractivity contribution in [3.05, 3.63) is 47.3 Å². The van der Waals surface area contributed by atoms with Crippen LogP contribution in [0.1, 0.15) is 50.5 Å². The van der Waals surface area contributed by atoms with Crippen LogP contribution in [0, 0.1) is 11.3 Å². The second kappa shape index (κ2) is 8.70. The van der Waals surface area contributed by atoms with Crippen LogP contribution in [0.5, 0.6) is 0 Å². The van der Waals surface area contributed by atoms with Gasteiger partial charge in [-0.05, 0) is 60.6 Å². The monoisotopic (exact) mass is 410 g/mol. The molecule has 1 aliphatic carbocycles. The van der Waals surface area contributed by atoms with E-state index in [2.05, 4.69) is 29.6 Å². The highest BCUT2D eigenvalue weighted by Gasteiger charge is 2.41. The zero-order valence-corrected chi connectivity index (χ0v) is 17.8. The minimum absolute atomic E-state index is 0.235. The smallest absolute Gasteiger partial charge is 0.224 e. The molecule has 1 aliphatic heterocycles. The molecule has 4 nitrogen and oxygen atoms in total. The molecule has 2 aliphatic rings. The number of amides is 2. The number of likely N-dealkylation sites (tertiary alicyclic amines) is 1. The molecule has 5 heteroatoms. The van der Waals surface area contributed by atoms with Gasteiger partial charge in [-0.1, -0.05) is 43.2 Å². The van der Waals surface area contributed by atoms with Crippen molar-refractivity contribution in [3.8, 4) is 10.4 Å². The largest absolute Gasteiger partial charge is 0.369 e. The van der Waals surface area contributed by atoms with E-state index in [0.29, 0.717) is 44.7 Å². The number of nitrogens with zero attached hydrogens (tertiary/aromatic N) is 1. The number of benzene rings is 1. The first-order valence-electron chi connectivity index (χ1n) is 10.8. The van der Waals surface area contributed by atoms with Gasteiger partial charge < -0.3 is 10.6 Å². The second-order valence-corrected chi connectivity index (χ2v) is 9.64. The average molecular weight is 411 g/mol. The average Bonchev–Trinajstić information content (AvgIpc) is 3.43. The molecule has 0 bridgehead atoms. The Labute approximate surface area is 177 Å². The first-order valence-corrected chi connectivity index (χ1v) is 11.6. The van der Waals surface area contributed by atoms with Gasteiger partial charge in [0.05, 0.1) is 5.41 Å². The number of primary amides is 1. The van der Waals surface area contributed by atoms with Crippen molar-refractivity contribution in [1.29, 1.82) is 0 Å². The minimum atomic E-state index is -0.572. The highest BCUT2D eigenvalue weighted by atomic mass is 32.1. The predicted octanol–water partition coefficient (Wildman–Crippen LogP) is 4.63. The third-order valence-corrected chi connectivity index (χ3v) is 7.77. The molecule has 0 radical (unpaired) electrons. The van der Waals surface area contributed by atoms with E-state index in [0.717, 1.165) is 0 Å². The summed E-state index contributed by atoms with van der Waals surface area (Å²) in [5.74, 6) is 0.582. The van der Waals surface area contributed by atoms with Crippen molar-refractivity contribution in [2.24, 2.45) is 17.1 Å². The lowest BCUT2D eigenvalue weighted by atomic mass is 9.72. The maximum absolute atomic E-state index is 12.7. The molecule has 2 heterocycles. The quantitative estimate of drug-likeness (QED) is 0.754. The zero-order chi connectivity index (χ0) is 20.3. The van der Waals surface area contributed by atoms with Gasteiger partial charge in [0.2, 0.25) is 11.8 Å². The summed E-state index contributed by atoms with van der Waals surface area (Å²) < 4.78 is 0. The first kappa shape index (κ1) is 20.1. The molecule has 0 atom stereocenters. The highest BCUT2D eigenvalue weighted by molar-refractivity contribution is 7.13. The summed E-state index contributed by atoms with van der Waals surface area (Å²) in [5, 5.41) is 2.07. The molecule has 2 amide bonds. The number of carbonyl (C=O) groups excluding carboxylic acids is 2. The van der Waals surface area contributed by atoms with Crippen LogP contribution in [0.2, 0.25) is 0 Å². The van der Waals surface area contributed by atoms with Crippen molar-refractivity contribution < 1.29 is 9.59 Å². The van der Waals surface area contributed by atoms with Crippen molar-refractivity contribution in [3.63, 3.8) is 0 Å². The van der Waals surface area contributed by atoms with Gasteiger partial charge in [-0.3, -0.25) is 9.59 Å². The number of hydrogen-bond donors (Lipinski definition) is 1. The maximum Gasteiger partial charge on any atom is 0.224 e. The van der Waals surface area contributed by atoms with Gasteiger partial charge >= 0.3 is 0 Å². The lowest BCUT2D eigenvalue weighted by molar-refractivity contribution is -0.139. The Balaban J connectivity index is 1.46. The SMILES string of the molecule is NC(=O)C1(Cc2ccccc2-c2cccs2)CCN(C(=O)CC2CCCC2)CC1. The molecule has 1 aromatic carbocycles. The van der Waals surface area contributed by atoms with E-state index in [1.807, 2.05) is 17.0 Å². The van der Waals surface area contributed by atoms with E-state index in [-0.39, 0.29) is 11.8 Å². The fraction of sp³-hybridized carbons (Fsp3) is 0.500. The van der Waals surface area contributed by atoms with Crippen molar-refractivity contribution >= 4 is 23.2 Å². The van der Waals surface area contributed by atoms with Gasteiger partial charge in [-0.2, -0.15) is 0 Å². The van der Waals surface area contributed by atoms with Gasteiger partial charge in [0.15, 0.2) is 0 Å². The number of hydrogen-bond acceptors (Lipinski definition) is 3. The van der Waals surface area contributed by atoms with Crippen LogP contribution >= 0.6 is 11.3 Å². The van der Waals surface area contributed by atoms with Crippen molar-refractivity contribution in [1.82, 2.24) is 4.90 Å². The van der Waals surface area contributed by atoms with E-state index in [1.165, 1.54) is 41.7 Å². The molecule has 2 aromatic rings. The fourth-order valence-electron chi connectivity index (χ4n) is 5.00. The van der Waals surface area contributed by atoms with Gasteiger partial charge in [0.1, 0.15) is 0 Å². The molecule has 1 aromatic heterocycles. The molecule has 154 valence electrons. The second-order valence-electron chi connectivity index (χ2n) is 8.69. The summed E-state index contributed by atoms with van der Waals surface area (Å²) in [6.45, 7) is 1.27. The Kier molecular flexibility index (Phi) is 6.04. The Hall–Kier alpha value is -2.14. The number of piperidine rings is 1. The topological polar surface area (TPSA) is 63.4 Å². The van der Waals surface area contributed by atoms with Crippen LogP contribution in [-0.4, -0.2) is 29.8 Å². The zero-order valence-electron chi connectivity index (χ0n) is 16.9. The van der Waals surface area contributed by atoms with Crippen LogP contribution in [-0.2, 0) is 16.0 Å². The Morgan fingerprint density at radius 1 is 1.07 bits per heavy atom. The highest BCUT2D eigenvalue weighted by Crippen LogP contribution is 2.39. The number of nitrogens with two attached hydrogens (primary N) is 1. The summed E-state index contributed by atoms with van der Waals surface area (Å²) in [6, 6.07) is 12.5. The third-order valence-electron chi connectivity index (χ3n) is 6.87. The molecule has 2 N–H and O–H groups in total. The molecule has 0 unspecified atom stereocenters. The fourth-order valence-corrected chi connectivity index (χ4v) is 5.78. The van der Waals surface area contributed by atoms with E-state index in [4.69, 9.17) is 5.73 Å². The van der Waals surface area contributed by atoms with Crippen molar-refractivity contribution in [2.45, 2.75) is 51.4 Å². The molecule has 29 heavy (non-hydrogen) atoms. The maximum atomic E-state index is 12.7. The molecular weight excluding hydrogens is 380 g/mol. The Morgan fingerprint density at radius 3 is 2.45 bits per heavy atom. The molecule has 1 saturated heterocycles. The summed E-state index contributed by atoms with van der Waals surface area (Å²) >= 11 is 1.71. The van der Waals surface area contributed by atoms with E-state index < -0.39 is 5.41 Å². The van der Waals surface area contributed by atoms with Crippen LogP contribution < -0.4 is 5.73 Å². The number of rotatable bonds is 6. The van der Waals surface area contributed by atoms with Gasteiger partial charge in [-0.15, -0.1) is 11.3 Å². The summed E-state index contributed by atoms with van der Waals surface area (Å²) in [5.41, 5.74) is 7.71. The van der Waals surface area contributed by atoms with Crippen molar-refractivity contribution in [2.75, 3.05) is 13.1 Å².